The minimum atomic E-state index is 0.213. The Balaban J connectivity index is 1.30. The van der Waals surface area contributed by atoms with Crippen molar-refractivity contribution in [3.63, 3.8) is 0 Å². The van der Waals surface area contributed by atoms with Crippen molar-refractivity contribution in [3.05, 3.63) is 0 Å². The third kappa shape index (κ3) is 5.66. The maximum atomic E-state index is 12.5. The first-order valence-electron chi connectivity index (χ1n) is 10.5. The van der Waals surface area contributed by atoms with Crippen LogP contribution in [0.15, 0.2) is 0 Å². The van der Waals surface area contributed by atoms with Crippen molar-refractivity contribution in [2.75, 3.05) is 39.3 Å². The lowest BCUT2D eigenvalue weighted by Gasteiger charge is -2.35. The molecular weight excluding hydrogens is 314 g/mol. The second-order valence-corrected chi connectivity index (χ2v) is 8.43. The van der Waals surface area contributed by atoms with E-state index in [1.54, 1.807) is 0 Å². The van der Waals surface area contributed by atoms with Crippen LogP contribution in [-0.4, -0.2) is 73.2 Å². The van der Waals surface area contributed by atoms with E-state index in [-0.39, 0.29) is 11.8 Å². The van der Waals surface area contributed by atoms with E-state index in [1.165, 1.54) is 32.1 Å². The fourth-order valence-electron chi connectivity index (χ4n) is 4.90. The smallest absolute Gasteiger partial charge is 0.224 e. The van der Waals surface area contributed by atoms with E-state index in [0.29, 0.717) is 12.2 Å². The fraction of sp³-hybridized carbons (Fsp3) is 0.950. The third-order valence-electron chi connectivity index (χ3n) is 6.13. The van der Waals surface area contributed by atoms with Crippen LogP contribution in [-0.2, 0) is 9.53 Å². The van der Waals surface area contributed by atoms with Gasteiger partial charge < -0.3 is 10.1 Å². The number of likely N-dealkylation sites (tertiary alicyclic amines) is 1. The molecule has 25 heavy (non-hydrogen) atoms. The second-order valence-electron chi connectivity index (χ2n) is 8.43. The Hall–Kier alpha value is -0.650. The molecule has 3 unspecified atom stereocenters. The largest absolute Gasteiger partial charge is 0.373 e. The molecule has 5 heteroatoms. The summed E-state index contributed by atoms with van der Waals surface area (Å²) in [7, 11) is 0. The van der Waals surface area contributed by atoms with Crippen molar-refractivity contribution >= 4 is 5.91 Å². The zero-order valence-electron chi connectivity index (χ0n) is 16.2. The molecule has 0 spiro atoms. The molecular formula is C20H37N3O2. The van der Waals surface area contributed by atoms with Crippen LogP contribution in [0.5, 0.6) is 0 Å². The van der Waals surface area contributed by atoms with Crippen molar-refractivity contribution in [1.29, 1.82) is 0 Å². The van der Waals surface area contributed by atoms with Crippen molar-refractivity contribution < 1.29 is 9.53 Å². The number of hydrogen-bond acceptors (Lipinski definition) is 4. The van der Waals surface area contributed by atoms with Gasteiger partial charge in [0.25, 0.3) is 0 Å². The van der Waals surface area contributed by atoms with E-state index in [2.05, 4.69) is 29.0 Å². The van der Waals surface area contributed by atoms with Crippen LogP contribution < -0.4 is 5.32 Å². The summed E-state index contributed by atoms with van der Waals surface area (Å²) in [6.45, 7) is 10.3. The van der Waals surface area contributed by atoms with E-state index >= 15 is 0 Å². The number of carbonyl (C=O) groups excluding carboxylic acids is 1. The van der Waals surface area contributed by atoms with E-state index in [0.717, 1.165) is 58.2 Å². The summed E-state index contributed by atoms with van der Waals surface area (Å²) >= 11 is 0. The van der Waals surface area contributed by atoms with E-state index in [1.807, 2.05) is 0 Å². The Labute approximate surface area is 153 Å². The Kier molecular flexibility index (Phi) is 7.14. The number of amides is 1. The highest BCUT2D eigenvalue weighted by atomic mass is 16.5. The molecule has 3 fully saturated rings. The summed E-state index contributed by atoms with van der Waals surface area (Å²) in [5.41, 5.74) is 0. The topological polar surface area (TPSA) is 44.8 Å². The Morgan fingerprint density at radius 1 is 1.04 bits per heavy atom. The lowest BCUT2D eigenvalue weighted by atomic mass is 9.94. The van der Waals surface area contributed by atoms with Crippen LogP contribution in [0, 0.1) is 5.92 Å². The van der Waals surface area contributed by atoms with Gasteiger partial charge in [0, 0.05) is 38.8 Å². The lowest BCUT2D eigenvalue weighted by molar-refractivity contribution is -0.124. The van der Waals surface area contributed by atoms with Crippen molar-refractivity contribution in [2.24, 2.45) is 5.92 Å². The monoisotopic (exact) mass is 351 g/mol. The Morgan fingerprint density at radius 3 is 2.48 bits per heavy atom. The number of hydrogen-bond donors (Lipinski definition) is 1. The van der Waals surface area contributed by atoms with E-state index < -0.39 is 0 Å². The van der Waals surface area contributed by atoms with Gasteiger partial charge in [0.1, 0.15) is 0 Å². The molecule has 3 aliphatic rings. The van der Waals surface area contributed by atoms with E-state index in [4.69, 9.17) is 4.74 Å². The van der Waals surface area contributed by atoms with Gasteiger partial charge in [-0.1, -0.05) is 19.3 Å². The predicted molar refractivity (Wildman–Crippen MR) is 101 cm³/mol. The second kappa shape index (κ2) is 9.33. The number of nitrogens with zero attached hydrogens (tertiary/aromatic N) is 2. The highest BCUT2D eigenvalue weighted by molar-refractivity contribution is 5.79. The average molecular weight is 352 g/mol. The van der Waals surface area contributed by atoms with Gasteiger partial charge in [-0.25, -0.2) is 0 Å². The highest BCUT2D eigenvalue weighted by Gasteiger charge is 2.32. The molecule has 0 aromatic rings. The van der Waals surface area contributed by atoms with Crippen LogP contribution >= 0.6 is 0 Å². The number of carbonyl (C=O) groups is 1. The molecule has 3 rings (SSSR count). The first kappa shape index (κ1) is 19.1. The molecule has 1 aliphatic carbocycles. The zero-order valence-corrected chi connectivity index (χ0v) is 16.2. The maximum absolute atomic E-state index is 12.5. The summed E-state index contributed by atoms with van der Waals surface area (Å²) in [4.78, 5) is 17.5. The maximum Gasteiger partial charge on any atom is 0.224 e. The van der Waals surface area contributed by atoms with Gasteiger partial charge in [-0.05, 0) is 46.1 Å². The average Bonchev–Trinajstić information content (AvgIpc) is 3.09. The van der Waals surface area contributed by atoms with Gasteiger partial charge in [-0.2, -0.15) is 0 Å². The van der Waals surface area contributed by atoms with Crippen LogP contribution in [0.25, 0.3) is 0 Å². The lowest BCUT2D eigenvalue weighted by Crippen LogP contribution is -2.46. The Morgan fingerprint density at radius 2 is 1.76 bits per heavy atom. The number of morpholine rings is 1. The van der Waals surface area contributed by atoms with Crippen molar-refractivity contribution in [1.82, 2.24) is 15.1 Å². The molecule has 5 nitrogen and oxygen atoms in total. The zero-order chi connectivity index (χ0) is 17.6. The number of ether oxygens (including phenoxy) is 1. The van der Waals surface area contributed by atoms with Gasteiger partial charge in [0.15, 0.2) is 0 Å². The normalized spacial score (nSPS) is 32.8. The molecule has 1 amide bonds. The van der Waals surface area contributed by atoms with E-state index in [9.17, 15) is 4.79 Å². The summed E-state index contributed by atoms with van der Waals surface area (Å²) in [6.07, 6.45) is 9.54. The van der Waals surface area contributed by atoms with Gasteiger partial charge in [-0.15, -0.1) is 0 Å². The van der Waals surface area contributed by atoms with Crippen LogP contribution in [0.1, 0.15) is 58.8 Å². The van der Waals surface area contributed by atoms with Gasteiger partial charge in [-0.3, -0.25) is 14.6 Å². The van der Waals surface area contributed by atoms with Crippen molar-refractivity contribution in [3.8, 4) is 0 Å². The minimum Gasteiger partial charge on any atom is -0.373 e. The van der Waals surface area contributed by atoms with Gasteiger partial charge in [0.2, 0.25) is 5.91 Å². The molecule has 3 atom stereocenters. The summed E-state index contributed by atoms with van der Waals surface area (Å²) < 4.78 is 5.77. The molecule has 0 bridgehead atoms. The van der Waals surface area contributed by atoms with Crippen LogP contribution in [0.4, 0.5) is 0 Å². The molecule has 2 heterocycles. The number of nitrogens with one attached hydrogen (secondary N) is 1. The molecule has 1 saturated carbocycles. The van der Waals surface area contributed by atoms with Gasteiger partial charge >= 0.3 is 0 Å². The quantitative estimate of drug-likeness (QED) is 0.746. The SMILES string of the molecule is CC1CN(CCCNC(=O)C2CCN(C3CCCCC3)C2)CC(C)O1. The molecule has 1 N–H and O–H groups in total. The first-order chi connectivity index (χ1) is 12.1. The molecule has 0 radical (unpaired) electrons. The summed E-state index contributed by atoms with van der Waals surface area (Å²) in [6, 6.07) is 0.747. The highest BCUT2D eigenvalue weighted by Crippen LogP contribution is 2.27. The molecule has 0 aromatic heterocycles. The molecule has 2 saturated heterocycles. The molecule has 0 aromatic carbocycles. The van der Waals surface area contributed by atoms with Crippen LogP contribution in [0.3, 0.4) is 0 Å². The number of rotatable bonds is 6. The first-order valence-corrected chi connectivity index (χ1v) is 10.5. The standard InChI is InChI=1S/C20H37N3O2/c1-16-13-22(14-17(2)25-16)11-6-10-21-20(24)18-9-12-23(15-18)19-7-4-3-5-8-19/h16-19H,3-15H2,1-2H3,(H,21,24). The van der Waals surface area contributed by atoms with Gasteiger partial charge in [0.05, 0.1) is 18.1 Å². The predicted octanol–water partition coefficient (Wildman–Crippen LogP) is 2.26. The molecule has 144 valence electrons. The minimum absolute atomic E-state index is 0.213. The molecule has 2 aliphatic heterocycles. The Bertz CT molecular complexity index is 415. The van der Waals surface area contributed by atoms with Crippen LogP contribution in [0.2, 0.25) is 0 Å². The summed E-state index contributed by atoms with van der Waals surface area (Å²) in [5, 5.41) is 3.19. The fourth-order valence-corrected chi connectivity index (χ4v) is 4.90. The summed E-state index contributed by atoms with van der Waals surface area (Å²) in [5.74, 6) is 0.493. The third-order valence-corrected chi connectivity index (χ3v) is 6.13. The van der Waals surface area contributed by atoms with Crippen molar-refractivity contribution in [2.45, 2.75) is 77.0 Å².